The van der Waals surface area contributed by atoms with E-state index in [-0.39, 0.29) is 11.7 Å². The maximum atomic E-state index is 12.1. The highest BCUT2D eigenvalue weighted by Crippen LogP contribution is 2.24. The van der Waals surface area contributed by atoms with E-state index in [1.807, 2.05) is 36.4 Å². The maximum absolute atomic E-state index is 12.1. The van der Waals surface area contributed by atoms with Gasteiger partial charge in [-0.1, -0.05) is 28.9 Å². The molecule has 0 aliphatic rings. The molecule has 27 heavy (non-hydrogen) atoms. The summed E-state index contributed by atoms with van der Waals surface area (Å²) in [5.41, 5.74) is 3.25. The van der Waals surface area contributed by atoms with E-state index in [9.17, 15) is 4.79 Å². The lowest BCUT2D eigenvalue weighted by Crippen LogP contribution is -2.10. The standard InChI is InChI=1S/C19H12BrClN4O2/c20-18-10-9-17(27-18)19(26)23-14-5-7-15(8-6-14)25-16(11-22-24-25)12-1-3-13(21)4-2-12/h1-11H,(H,23,26). The molecule has 1 N–H and O–H groups in total. The number of amides is 1. The Labute approximate surface area is 167 Å². The molecule has 4 rings (SSSR count). The molecule has 6 nitrogen and oxygen atoms in total. The summed E-state index contributed by atoms with van der Waals surface area (Å²) in [6, 6.07) is 18.0. The molecular weight excluding hydrogens is 432 g/mol. The molecule has 2 aromatic heterocycles. The van der Waals surface area contributed by atoms with Crippen LogP contribution in [-0.4, -0.2) is 20.9 Å². The second-order valence-corrected chi connectivity index (χ2v) is 6.86. The van der Waals surface area contributed by atoms with Crippen LogP contribution in [0.5, 0.6) is 0 Å². The monoisotopic (exact) mass is 442 g/mol. The maximum Gasteiger partial charge on any atom is 0.291 e. The molecule has 0 aliphatic heterocycles. The summed E-state index contributed by atoms with van der Waals surface area (Å²) in [6.45, 7) is 0. The van der Waals surface area contributed by atoms with Crippen molar-refractivity contribution in [1.82, 2.24) is 15.0 Å². The summed E-state index contributed by atoms with van der Waals surface area (Å²) < 4.78 is 7.47. The zero-order valence-electron chi connectivity index (χ0n) is 13.8. The van der Waals surface area contributed by atoms with Crippen molar-refractivity contribution in [2.75, 3.05) is 5.32 Å². The van der Waals surface area contributed by atoms with Crippen LogP contribution in [0.4, 0.5) is 5.69 Å². The fourth-order valence-electron chi connectivity index (χ4n) is 2.56. The Morgan fingerprint density at radius 1 is 1.04 bits per heavy atom. The number of carbonyl (C=O) groups is 1. The van der Waals surface area contributed by atoms with Gasteiger partial charge in [0.2, 0.25) is 0 Å². The number of benzene rings is 2. The van der Waals surface area contributed by atoms with Crippen molar-refractivity contribution < 1.29 is 9.21 Å². The molecule has 8 heteroatoms. The van der Waals surface area contributed by atoms with Crippen molar-refractivity contribution in [1.29, 1.82) is 0 Å². The fraction of sp³-hybridized carbons (Fsp3) is 0. The summed E-state index contributed by atoms with van der Waals surface area (Å²) in [6.07, 6.45) is 1.69. The Morgan fingerprint density at radius 3 is 2.44 bits per heavy atom. The molecule has 4 aromatic rings. The quantitative estimate of drug-likeness (QED) is 0.471. The van der Waals surface area contributed by atoms with E-state index in [1.54, 1.807) is 35.1 Å². The third-order valence-corrected chi connectivity index (χ3v) is 4.53. The average Bonchev–Trinajstić information content (AvgIpc) is 3.32. The van der Waals surface area contributed by atoms with Gasteiger partial charge in [-0.25, -0.2) is 4.68 Å². The second-order valence-electron chi connectivity index (χ2n) is 5.64. The number of furan rings is 1. The van der Waals surface area contributed by atoms with Gasteiger partial charge in [0, 0.05) is 16.3 Å². The largest absolute Gasteiger partial charge is 0.444 e. The molecule has 0 bridgehead atoms. The number of anilines is 1. The Bertz CT molecular complexity index is 1090. The number of carbonyl (C=O) groups excluding carboxylic acids is 1. The van der Waals surface area contributed by atoms with Crippen LogP contribution in [0.2, 0.25) is 5.02 Å². The fourth-order valence-corrected chi connectivity index (χ4v) is 2.99. The predicted molar refractivity (Wildman–Crippen MR) is 106 cm³/mol. The molecular formula is C19H12BrClN4O2. The minimum absolute atomic E-state index is 0.229. The van der Waals surface area contributed by atoms with Crippen LogP contribution in [0.1, 0.15) is 10.6 Å². The van der Waals surface area contributed by atoms with Crippen LogP contribution in [-0.2, 0) is 0 Å². The molecule has 2 aromatic carbocycles. The van der Waals surface area contributed by atoms with Gasteiger partial charge in [-0.3, -0.25) is 4.79 Å². The highest BCUT2D eigenvalue weighted by Gasteiger charge is 2.12. The third kappa shape index (κ3) is 3.79. The van der Waals surface area contributed by atoms with Crippen LogP contribution in [0, 0.1) is 0 Å². The molecule has 2 heterocycles. The van der Waals surface area contributed by atoms with Crippen LogP contribution >= 0.6 is 27.5 Å². The zero-order chi connectivity index (χ0) is 18.8. The number of halogens is 2. The summed E-state index contributed by atoms with van der Waals surface area (Å²) in [5, 5.41) is 11.6. The molecule has 0 fully saturated rings. The van der Waals surface area contributed by atoms with E-state index in [1.165, 1.54) is 0 Å². The summed E-state index contributed by atoms with van der Waals surface area (Å²) in [5.74, 6) is -0.0942. The van der Waals surface area contributed by atoms with Crippen molar-refractivity contribution in [3.05, 3.63) is 82.3 Å². The molecule has 0 aliphatic carbocycles. The van der Waals surface area contributed by atoms with Crippen molar-refractivity contribution in [3.8, 4) is 16.9 Å². The first-order valence-electron chi connectivity index (χ1n) is 7.94. The second kappa shape index (κ2) is 7.38. The number of aromatic nitrogens is 3. The minimum atomic E-state index is -0.323. The van der Waals surface area contributed by atoms with Crippen molar-refractivity contribution in [2.45, 2.75) is 0 Å². The molecule has 134 valence electrons. The van der Waals surface area contributed by atoms with Gasteiger partial charge in [-0.2, -0.15) is 0 Å². The van der Waals surface area contributed by atoms with E-state index in [4.69, 9.17) is 16.0 Å². The van der Waals surface area contributed by atoms with Gasteiger partial charge in [-0.15, -0.1) is 5.10 Å². The third-order valence-electron chi connectivity index (χ3n) is 3.86. The van der Waals surface area contributed by atoms with Gasteiger partial charge in [-0.05, 0) is 64.5 Å². The van der Waals surface area contributed by atoms with Crippen LogP contribution in [0.3, 0.4) is 0 Å². The summed E-state index contributed by atoms with van der Waals surface area (Å²) in [4.78, 5) is 12.1. The van der Waals surface area contributed by atoms with E-state index in [0.717, 1.165) is 16.9 Å². The van der Waals surface area contributed by atoms with Gasteiger partial charge in [0.05, 0.1) is 17.6 Å². The molecule has 0 radical (unpaired) electrons. The van der Waals surface area contributed by atoms with E-state index >= 15 is 0 Å². The predicted octanol–water partition coefficient (Wildman–Crippen LogP) is 5.20. The lowest BCUT2D eigenvalue weighted by molar-refractivity contribution is 0.0995. The van der Waals surface area contributed by atoms with Gasteiger partial charge < -0.3 is 9.73 Å². The first kappa shape index (κ1) is 17.5. The number of rotatable bonds is 4. The van der Waals surface area contributed by atoms with E-state index in [2.05, 4.69) is 31.6 Å². The highest BCUT2D eigenvalue weighted by molar-refractivity contribution is 9.10. The number of nitrogens with zero attached hydrogens (tertiary/aromatic N) is 3. The zero-order valence-corrected chi connectivity index (χ0v) is 16.1. The first-order valence-corrected chi connectivity index (χ1v) is 9.11. The van der Waals surface area contributed by atoms with Gasteiger partial charge in [0.15, 0.2) is 10.4 Å². The van der Waals surface area contributed by atoms with Crippen LogP contribution < -0.4 is 5.32 Å². The van der Waals surface area contributed by atoms with E-state index < -0.39 is 0 Å². The van der Waals surface area contributed by atoms with Gasteiger partial charge in [0.25, 0.3) is 5.91 Å². The SMILES string of the molecule is O=C(Nc1ccc(-n2nncc2-c2ccc(Cl)cc2)cc1)c1ccc(Br)o1. The Kier molecular flexibility index (Phi) is 4.79. The molecule has 1 amide bonds. The Balaban J connectivity index is 1.56. The molecule has 0 saturated carbocycles. The average molecular weight is 444 g/mol. The number of hydrogen-bond donors (Lipinski definition) is 1. The Hall–Kier alpha value is -2.90. The van der Waals surface area contributed by atoms with Gasteiger partial charge in [0.1, 0.15) is 0 Å². The van der Waals surface area contributed by atoms with Crippen molar-refractivity contribution >= 4 is 39.1 Å². The minimum Gasteiger partial charge on any atom is -0.444 e. The van der Waals surface area contributed by atoms with Crippen LogP contribution in [0.25, 0.3) is 16.9 Å². The highest BCUT2D eigenvalue weighted by atomic mass is 79.9. The summed E-state index contributed by atoms with van der Waals surface area (Å²) in [7, 11) is 0. The van der Waals surface area contributed by atoms with Crippen LogP contribution in [0.15, 0.2) is 75.9 Å². The Morgan fingerprint density at radius 2 is 1.78 bits per heavy atom. The number of nitrogens with one attached hydrogen (secondary N) is 1. The normalized spacial score (nSPS) is 10.7. The topological polar surface area (TPSA) is 73.0 Å². The summed E-state index contributed by atoms with van der Waals surface area (Å²) >= 11 is 9.13. The van der Waals surface area contributed by atoms with Crippen molar-refractivity contribution in [3.63, 3.8) is 0 Å². The van der Waals surface area contributed by atoms with Crippen molar-refractivity contribution in [2.24, 2.45) is 0 Å². The molecule has 0 spiro atoms. The van der Waals surface area contributed by atoms with E-state index in [0.29, 0.717) is 15.4 Å². The molecule has 0 atom stereocenters. The lowest BCUT2D eigenvalue weighted by Gasteiger charge is -2.08. The molecule has 0 unspecified atom stereocenters. The lowest BCUT2D eigenvalue weighted by atomic mass is 10.1. The number of hydrogen-bond acceptors (Lipinski definition) is 4. The van der Waals surface area contributed by atoms with Gasteiger partial charge >= 0.3 is 0 Å². The molecule has 0 saturated heterocycles. The smallest absolute Gasteiger partial charge is 0.291 e. The first-order chi connectivity index (χ1) is 13.1.